The Labute approximate surface area is 116 Å². The fourth-order valence-corrected chi connectivity index (χ4v) is 2.59. The average Bonchev–Trinajstić information content (AvgIpc) is 2.47. The molecule has 0 spiro atoms. The summed E-state index contributed by atoms with van der Waals surface area (Å²) in [5.74, 6) is 0.422. The van der Waals surface area contributed by atoms with Crippen molar-refractivity contribution in [2.75, 3.05) is 17.2 Å². The molecule has 0 saturated heterocycles. The van der Waals surface area contributed by atoms with Gasteiger partial charge in [-0.25, -0.2) is 4.98 Å². The minimum Gasteiger partial charge on any atom is -0.398 e. The van der Waals surface area contributed by atoms with Gasteiger partial charge in [-0.2, -0.15) is 0 Å². The van der Waals surface area contributed by atoms with Crippen molar-refractivity contribution in [2.45, 2.75) is 13.0 Å². The second kappa shape index (κ2) is 4.80. The zero-order valence-electron chi connectivity index (χ0n) is 10.8. The molecule has 102 valence electrons. The average molecular weight is 270 g/mol. The summed E-state index contributed by atoms with van der Waals surface area (Å²) in [4.78, 5) is 16.8. The molecule has 0 atom stereocenters. The molecule has 2 N–H and O–H groups in total. The molecular formula is C14H14N4O2. The van der Waals surface area contributed by atoms with Crippen LogP contribution in [0.4, 0.5) is 17.2 Å². The molecule has 3 rings (SSSR count). The number of anilines is 2. The first kappa shape index (κ1) is 12.4. The van der Waals surface area contributed by atoms with E-state index in [1.165, 1.54) is 6.07 Å². The molecule has 0 bridgehead atoms. The van der Waals surface area contributed by atoms with Crippen molar-refractivity contribution >= 4 is 17.2 Å². The van der Waals surface area contributed by atoms with Crippen LogP contribution in [-0.2, 0) is 13.0 Å². The highest BCUT2D eigenvalue weighted by atomic mass is 16.6. The lowest BCUT2D eigenvalue weighted by molar-refractivity contribution is -0.384. The number of nitro groups is 1. The highest BCUT2D eigenvalue weighted by Gasteiger charge is 2.24. The number of nitrogen functional groups attached to an aromatic ring is 1. The van der Waals surface area contributed by atoms with Crippen LogP contribution in [-0.4, -0.2) is 16.5 Å². The second-order valence-electron chi connectivity index (χ2n) is 4.76. The normalized spacial score (nSPS) is 13.9. The molecule has 0 unspecified atom stereocenters. The third-order valence-corrected chi connectivity index (χ3v) is 3.56. The Kier molecular flexibility index (Phi) is 2.98. The quantitative estimate of drug-likeness (QED) is 0.513. The van der Waals surface area contributed by atoms with Gasteiger partial charge in [-0.15, -0.1) is 0 Å². The van der Waals surface area contributed by atoms with Gasteiger partial charge in [0.1, 0.15) is 0 Å². The first-order valence-corrected chi connectivity index (χ1v) is 6.37. The van der Waals surface area contributed by atoms with Crippen LogP contribution in [0.2, 0.25) is 0 Å². The van der Waals surface area contributed by atoms with E-state index in [9.17, 15) is 10.1 Å². The van der Waals surface area contributed by atoms with E-state index in [0.29, 0.717) is 18.9 Å². The fourth-order valence-electron chi connectivity index (χ4n) is 2.59. The van der Waals surface area contributed by atoms with E-state index in [1.54, 1.807) is 12.3 Å². The number of aromatic nitrogens is 1. The summed E-state index contributed by atoms with van der Waals surface area (Å²) in [7, 11) is 0. The lowest BCUT2D eigenvalue weighted by Gasteiger charge is -2.30. The van der Waals surface area contributed by atoms with Crippen LogP contribution in [0.5, 0.6) is 0 Å². The van der Waals surface area contributed by atoms with Gasteiger partial charge in [0.2, 0.25) is 5.82 Å². The Balaban J connectivity index is 1.97. The number of benzene rings is 1. The molecule has 20 heavy (non-hydrogen) atoms. The van der Waals surface area contributed by atoms with Crippen molar-refractivity contribution in [3.63, 3.8) is 0 Å². The third-order valence-electron chi connectivity index (χ3n) is 3.56. The van der Waals surface area contributed by atoms with Crippen LogP contribution in [0.3, 0.4) is 0 Å². The van der Waals surface area contributed by atoms with Crippen LogP contribution in [0, 0.1) is 10.1 Å². The first-order chi connectivity index (χ1) is 9.66. The van der Waals surface area contributed by atoms with Crippen LogP contribution in [0.1, 0.15) is 11.1 Å². The summed E-state index contributed by atoms with van der Waals surface area (Å²) in [6, 6.07) is 8.86. The SMILES string of the molecule is Nc1cccc2c1CCN(c1ncccc1[N+](=O)[O-])C2. The number of nitrogens with zero attached hydrogens (tertiary/aromatic N) is 3. The zero-order chi connectivity index (χ0) is 14.1. The van der Waals surface area contributed by atoms with Crippen molar-refractivity contribution in [3.8, 4) is 0 Å². The van der Waals surface area contributed by atoms with E-state index in [0.717, 1.165) is 23.2 Å². The van der Waals surface area contributed by atoms with Crippen LogP contribution < -0.4 is 10.6 Å². The minimum atomic E-state index is -0.392. The van der Waals surface area contributed by atoms with Gasteiger partial charge >= 0.3 is 5.69 Å². The first-order valence-electron chi connectivity index (χ1n) is 6.37. The Bertz CT molecular complexity index is 672. The number of pyridine rings is 1. The van der Waals surface area contributed by atoms with Crippen LogP contribution in [0.15, 0.2) is 36.5 Å². The monoisotopic (exact) mass is 270 g/mol. The van der Waals surface area contributed by atoms with Crippen LogP contribution >= 0.6 is 0 Å². The molecule has 1 aliphatic heterocycles. The Morgan fingerprint density at radius 3 is 2.95 bits per heavy atom. The topological polar surface area (TPSA) is 85.3 Å². The maximum absolute atomic E-state index is 11.1. The Hall–Kier alpha value is -2.63. The molecule has 6 nitrogen and oxygen atoms in total. The molecule has 0 fully saturated rings. The molecule has 2 heterocycles. The predicted octanol–water partition coefficient (Wildman–Crippen LogP) is 2.13. The van der Waals surface area contributed by atoms with E-state index in [1.807, 2.05) is 23.1 Å². The summed E-state index contributed by atoms with van der Waals surface area (Å²) in [6.07, 6.45) is 2.35. The summed E-state index contributed by atoms with van der Waals surface area (Å²) >= 11 is 0. The van der Waals surface area contributed by atoms with Gasteiger partial charge in [0.15, 0.2) is 0 Å². The number of nitrogens with two attached hydrogens (primary N) is 1. The molecule has 0 aliphatic carbocycles. The van der Waals surface area contributed by atoms with Crippen molar-refractivity contribution in [1.82, 2.24) is 4.98 Å². The summed E-state index contributed by atoms with van der Waals surface area (Å²) in [6.45, 7) is 1.28. The van der Waals surface area contributed by atoms with Gasteiger partial charge in [0.05, 0.1) is 4.92 Å². The van der Waals surface area contributed by atoms with Gasteiger partial charge in [-0.3, -0.25) is 10.1 Å². The summed E-state index contributed by atoms with van der Waals surface area (Å²) < 4.78 is 0. The van der Waals surface area contributed by atoms with E-state index in [2.05, 4.69) is 4.98 Å². The molecule has 0 radical (unpaired) electrons. The molecule has 1 aromatic heterocycles. The fraction of sp³-hybridized carbons (Fsp3) is 0.214. The van der Waals surface area contributed by atoms with E-state index >= 15 is 0 Å². The van der Waals surface area contributed by atoms with Gasteiger partial charge in [-0.1, -0.05) is 12.1 Å². The van der Waals surface area contributed by atoms with Crippen molar-refractivity contribution < 1.29 is 4.92 Å². The Morgan fingerprint density at radius 1 is 1.30 bits per heavy atom. The largest absolute Gasteiger partial charge is 0.398 e. The van der Waals surface area contributed by atoms with Crippen molar-refractivity contribution in [1.29, 1.82) is 0 Å². The third kappa shape index (κ3) is 2.05. The standard InChI is InChI=1S/C14H14N4O2/c15-12-4-1-3-10-9-17(8-6-11(10)12)14-13(18(19)20)5-2-7-16-14/h1-5,7H,6,8-9,15H2. The van der Waals surface area contributed by atoms with Gasteiger partial charge < -0.3 is 10.6 Å². The molecular weight excluding hydrogens is 256 g/mol. The minimum absolute atomic E-state index is 0.0415. The summed E-state index contributed by atoms with van der Waals surface area (Å²) in [5.41, 5.74) is 9.04. The molecule has 6 heteroatoms. The van der Waals surface area contributed by atoms with Gasteiger partial charge in [0, 0.05) is 31.0 Å². The Morgan fingerprint density at radius 2 is 2.15 bits per heavy atom. The maximum Gasteiger partial charge on any atom is 0.311 e. The maximum atomic E-state index is 11.1. The molecule has 0 saturated carbocycles. The van der Waals surface area contributed by atoms with E-state index < -0.39 is 4.92 Å². The van der Waals surface area contributed by atoms with E-state index in [4.69, 9.17) is 5.73 Å². The van der Waals surface area contributed by atoms with Crippen LogP contribution in [0.25, 0.3) is 0 Å². The highest BCUT2D eigenvalue weighted by Crippen LogP contribution is 2.31. The highest BCUT2D eigenvalue weighted by molar-refractivity contribution is 5.61. The lowest BCUT2D eigenvalue weighted by Crippen LogP contribution is -2.32. The predicted molar refractivity (Wildman–Crippen MR) is 76.5 cm³/mol. The van der Waals surface area contributed by atoms with Crippen molar-refractivity contribution in [2.24, 2.45) is 0 Å². The second-order valence-corrected chi connectivity index (χ2v) is 4.76. The van der Waals surface area contributed by atoms with Gasteiger partial charge in [-0.05, 0) is 29.7 Å². The molecule has 2 aromatic rings. The number of rotatable bonds is 2. The summed E-state index contributed by atoms with van der Waals surface area (Å²) in [5, 5.41) is 11.1. The van der Waals surface area contributed by atoms with Crippen molar-refractivity contribution in [3.05, 3.63) is 57.8 Å². The van der Waals surface area contributed by atoms with E-state index in [-0.39, 0.29) is 5.69 Å². The number of hydrogen-bond acceptors (Lipinski definition) is 5. The lowest BCUT2D eigenvalue weighted by atomic mass is 9.98. The van der Waals surface area contributed by atoms with Gasteiger partial charge in [0.25, 0.3) is 0 Å². The number of fused-ring (bicyclic) bond motifs is 1. The zero-order valence-corrected chi connectivity index (χ0v) is 10.8. The molecule has 0 amide bonds. The number of hydrogen-bond donors (Lipinski definition) is 1. The smallest absolute Gasteiger partial charge is 0.311 e. The molecule has 1 aliphatic rings. The molecule has 1 aromatic carbocycles.